The zero-order valence-electron chi connectivity index (χ0n) is 23.7. The van der Waals surface area contributed by atoms with E-state index in [9.17, 15) is 21.9 Å². The number of nitrogens with one attached hydrogen (secondary N) is 1. The lowest BCUT2D eigenvalue weighted by atomic mass is 9.88. The summed E-state index contributed by atoms with van der Waals surface area (Å²) in [4.78, 5) is 4.43. The highest BCUT2D eigenvalue weighted by atomic mass is 32.2. The fourth-order valence-electron chi connectivity index (χ4n) is 5.53. The molecule has 2 saturated heterocycles. The number of hydrogen-bond donors (Lipinski definition) is 3. The fraction of sp³-hybridized carbons (Fsp3) is 0.433. The van der Waals surface area contributed by atoms with E-state index in [-0.39, 0.29) is 34.7 Å². The lowest BCUT2D eigenvalue weighted by Crippen LogP contribution is -2.47. The number of aliphatic hydroxyl groups excluding tert-OH is 2. The van der Waals surface area contributed by atoms with E-state index in [0.717, 1.165) is 11.1 Å². The van der Waals surface area contributed by atoms with E-state index in [1.54, 1.807) is 42.7 Å². The Labute approximate surface area is 252 Å². The van der Waals surface area contributed by atoms with Crippen LogP contribution >= 0.6 is 0 Å². The fourth-order valence-corrected chi connectivity index (χ4v) is 8.07. The maximum Gasteiger partial charge on any atom is 0.243 e. The van der Waals surface area contributed by atoms with Crippen molar-refractivity contribution in [1.29, 1.82) is 0 Å². The summed E-state index contributed by atoms with van der Waals surface area (Å²) < 4.78 is 64.6. The highest BCUT2D eigenvalue weighted by Crippen LogP contribution is 2.37. The van der Waals surface area contributed by atoms with Gasteiger partial charge in [0.15, 0.2) is 9.84 Å². The maximum absolute atomic E-state index is 13.5. The average molecular weight is 632 g/mol. The van der Waals surface area contributed by atoms with Crippen molar-refractivity contribution < 1.29 is 36.5 Å². The summed E-state index contributed by atoms with van der Waals surface area (Å²) in [6, 6.07) is 16.6. The second-order valence-corrected chi connectivity index (χ2v) is 15.0. The Morgan fingerprint density at radius 3 is 2.51 bits per heavy atom. The van der Waals surface area contributed by atoms with Crippen LogP contribution in [0, 0.1) is 0 Å². The molecule has 3 heterocycles. The number of nitrogens with zero attached hydrogens (tertiary/aromatic N) is 2. The zero-order valence-corrected chi connectivity index (χ0v) is 25.3. The van der Waals surface area contributed by atoms with E-state index < -0.39 is 38.2 Å². The number of sulfonamides is 1. The maximum atomic E-state index is 13.5. The first-order valence-electron chi connectivity index (χ1n) is 14.2. The first kappa shape index (κ1) is 31.5. The lowest BCUT2D eigenvalue weighted by Gasteiger charge is -2.38. The van der Waals surface area contributed by atoms with Gasteiger partial charge in [-0.1, -0.05) is 24.3 Å². The van der Waals surface area contributed by atoms with E-state index in [2.05, 4.69) is 10.3 Å². The van der Waals surface area contributed by atoms with Gasteiger partial charge in [-0.15, -0.1) is 0 Å². The molecule has 3 N–H and O–H groups in total. The van der Waals surface area contributed by atoms with Gasteiger partial charge in [-0.3, -0.25) is 4.98 Å². The van der Waals surface area contributed by atoms with E-state index in [1.165, 1.54) is 16.4 Å². The van der Waals surface area contributed by atoms with E-state index in [4.69, 9.17) is 14.6 Å². The van der Waals surface area contributed by atoms with Gasteiger partial charge in [-0.05, 0) is 61.2 Å². The van der Waals surface area contributed by atoms with Gasteiger partial charge < -0.3 is 25.0 Å². The molecule has 2 atom stereocenters. The van der Waals surface area contributed by atoms with Crippen LogP contribution in [0.25, 0.3) is 11.1 Å². The molecule has 43 heavy (non-hydrogen) atoms. The van der Waals surface area contributed by atoms with Crippen molar-refractivity contribution in [3.8, 4) is 16.9 Å². The number of aromatic nitrogens is 1. The molecule has 1 spiro atoms. The molecule has 2 fully saturated rings. The summed E-state index contributed by atoms with van der Waals surface area (Å²) >= 11 is 0. The van der Waals surface area contributed by atoms with Gasteiger partial charge in [0.1, 0.15) is 18.5 Å². The highest BCUT2D eigenvalue weighted by Gasteiger charge is 2.44. The highest BCUT2D eigenvalue weighted by molar-refractivity contribution is 7.91. The molecular weight excluding hydrogens is 594 g/mol. The molecule has 5 rings (SSSR count). The minimum Gasteiger partial charge on any atom is -0.491 e. The number of hydrogen-bond acceptors (Lipinski definition) is 10. The van der Waals surface area contributed by atoms with Gasteiger partial charge in [0.05, 0.1) is 34.4 Å². The van der Waals surface area contributed by atoms with Crippen LogP contribution in [0.2, 0.25) is 0 Å². The largest absolute Gasteiger partial charge is 0.491 e. The quantitative estimate of drug-likeness (QED) is 0.270. The molecule has 1 aromatic heterocycles. The molecule has 0 radical (unpaired) electrons. The summed E-state index contributed by atoms with van der Waals surface area (Å²) in [6.07, 6.45) is 4.40. The second-order valence-electron chi connectivity index (χ2n) is 11.0. The van der Waals surface area contributed by atoms with Crippen molar-refractivity contribution in [3.63, 3.8) is 0 Å². The standard InChI is InChI=1S/C30H37N3O8S2/c34-14-15-42(36,37)28-7-2-6-27(17-28)40-22-26(35)20-32-25-18-30(41-21-25)9-12-33(13-10-30)43(38,39)29-8-1-4-23(16-29)24-5-3-11-31-19-24/h1-8,11,16-17,19,25-26,32,34-35H,9-10,12-15,18,20-22H2/t25-,26?/m1/s1. The molecule has 11 nitrogen and oxygen atoms in total. The number of benzene rings is 2. The zero-order chi connectivity index (χ0) is 30.5. The molecule has 0 aliphatic carbocycles. The third kappa shape index (κ3) is 7.60. The van der Waals surface area contributed by atoms with Crippen LogP contribution in [0.4, 0.5) is 0 Å². The van der Waals surface area contributed by atoms with Crippen LogP contribution < -0.4 is 10.1 Å². The van der Waals surface area contributed by atoms with Crippen molar-refractivity contribution in [3.05, 3.63) is 73.1 Å². The molecular formula is C30H37N3O8S2. The summed E-state index contributed by atoms with van der Waals surface area (Å²) in [5.41, 5.74) is 1.23. The first-order valence-corrected chi connectivity index (χ1v) is 17.3. The lowest BCUT2D eigenvalue weighted by molar-refractivity contribution is -0.0312. The topological polar surface area (TPSA) is 155 Å². The first-order chi connectivity index (χ1) is 20.6. The van der Waals surface area contributed by atoms with Crippen LogP contribution in [-0.4, -0.2) is 99.3 Å². The Bertz CT molecular complexity index is 1590. The van der Waals surface area contributed by atoms with Gasteiger partial charge in [0.2, 0.25) is 10.0 Å². The summed E-state index contributed by atoms with van der Waals surface area (Å²) in [7, 11) is -7.27. The van der Waals surface area contributed by atoms with Gasteiger partial charge in [-0.25, -0.2) is 16.8 Å². The Kier molecular flexibility index (Phi) is 9.81. The molecule has 2 aliphatic heterocycles. The van der Waals surface area contributed by atoms with Crippen molar-refractivity contribution in [2.24, 2.45) is 0 Å². The molecule has 3 aromatic rings. The summed E-state index contributed by atoms with van der Waals surface area (Å²) in [5, 5.41) is 22.7. The van der Waals surface area contributed by atoms with Crippen LogP contribution in [0.5, 0.6) is 5.75 Å². The van der Waals surface area contributed by atoms with Gasteiger partial charge >= 0.3 is 0 Å². The third-order valence-corrected chi connectivity index (χ3v) is 11.5. The normalized spacial score (nSPS) is 19.8. The Morgan fingerprint density at radius 2 is 1.77 bits per heavy atom. The van der Waals surface area contributed by atoms with Gasteiger partial charge in [0, 0.05) is 43.6 Å². The van der Waals surface area contributed by atoms with Crippen molar-refractivity contribution >= 4 is 19.9 Å². The third-order valence-electron chi connectivity index (χ3n) is 7.92. The average Bonchev–Trinajstić information content (AvgIpc) is 3.41. The van der Waals surface area contributed by atoms with Crippen LogP contribution in [0.15, 0.2) is 82.8 Å². The molecule has 0 amide bonds. The Balaban J connectivity index is 1.09. The molecule has 2 aliphatic rings. The van der Waals surface area contributed by atoms with Crippen LogP contribution in [0.1, 0.15) is 19.3 Å². The number of piperidine rings is 1. The summed E-state index contributed by atoms with van der Waals surface area (Å²) in [5.74, 6) is -0.0607. The smallest absolute Gasteiger partial charge is 0.243 e. The molecule has 232 valence electrons. The van der Waals surface area contributed by atoms with Crippen molar-refractivity contribution in [2.45, 2.75) is 46.8 Å². The Hall–Kier alpha value is -2.91. The van der Waals surface area contributed by atoms with E-state index >= 15 is 0 Å². The van der Waals surface area contributed by atoms with Crippen LogP contribution in [0.3, 0.4) is 0 Å². The minimum atomic E-state index is -3.67. The van der Waals surface area contributed by atoms with Gasteiger partial charge in [0.25, 0.3) is 0 Å². The van der Waals surface area contributed by atoms with E-state index in [1.807, 2.05) is 18.2 Å². The number of rotatable bonds is 12. The Morgan fingerprint density at radius 1 is 1.02 bits per heavy atom. The molecule has 0 bridgehead atoms. The van der Waals surface area contributed by atoms with E-state index in [0.29, 0.717) is 44.7 Å². The SMILES string of the molecule is O=S(=O)(CCO)c1cccc(OCC(O)CN[C@H]2COC3(CCN(S(=O)(=O)c4cccc(-c5cccnc5)c4)CC3)C2)c1. The predicted molar refractivity (Wildman–Crippen MR) is 160 cm³/mol. The number of aliphatic hydroxyl groups is 2. The summed E-state index contributed by atoms with van der Waals surface area (Å²) in [6.45, 7) is 0.914. The molecule has 1 unspecified atom stereocenters. The number of sulfone groups is 1. The number of pyridine rings is 1. The van der Waals surface area contributed by atoms with Gasteiger partial charge in [-0.2, -0.15) is 4.31 Å². The van der Waals surface area contributed by atoms with Crippen LogP contribution in [-0.2, 0) is 24.6 Å². The predicted octanol–water partition coefficient (Wildman–Crippen LogP) is 1.86. The molecule has 0 saturated carbocycles. The number of ether oxygens (including phenoxy) is 2. The molecule has 13 heteroatoms. The second kappa shape index (κ2) is 13.4. The molecule has 2 aromatic carbocycles. The van der Waals surface area contributed by atoms with Crippen molar-refractivity contribution in [2.75, 3.05) is 45.2 Å². The monoisotopic (exact) mass is 631 g/mol. The minimum absolute atomic E-state index is 0.000855. The van der Waals surface area contributed by atoms with Crippen molar-refractivity contribution in [1.82, 2.24) is 14.6 Å².